The first-order chi connectivity index (χ1) is 16.0. The fourth-order valence-electron chi connectivity index (χ4n) is 3.77. The molecular formula is C25H23Cl2N3O2S. The summed E-state index contributed by atoms with van der Waals surface area (Å²) in [5.41, 5.74) is 7.43. The second kappa shape index (κ2) is 10.6. The first-order valence-corrected chi connectivity index (χ1v) is 12.2. The van der Waals surface area contributed by atoms with Crippen molar-refractivity contribution >= 4 is 46.8 Å². The van der Waals surface area contributed by atoms with Gasteiger partial charge in [0.1, 0.15) is 6.04 Å². The van der Waals surface area contributed by atoms with E-state index in [1.165, 1.54) is 0 Å². The fourth-order valence-corrected chi connectivity index (χ4v) is 5.26. The Bertz CT molecular complexity index is 1110. The molecule has 0 fully saturated rings. The van der Waals surface area contributed by atoms with Crippen LogP contribution in [0.25, 0.3) is 0 Å². The maximum Gasteiger partial charge on any atom is 0.335 e. The highest BCUT2D eigenvalue weighted by Crippen LogP contribution is 2.43. The van der Waals surface area contributed by atoms with Gasteiger partial charge in [0.2, 0.25) is 0 Å². The van der Waals surface area contributed by atoms with Crippen LogP contribution < -0.4 is 5.53 Å². The SMILES string of the molecule is CCCC1=NNN(SC(c2ccc(Cl)cc2)c2ccc(Cl)cc2)C1c1cccc(C(=O)O)c1. The summed E-state index contributed by atoms with van der Waals surface area (Å²) in [6.45, 7) is 2.10. The molecule has 1 unspecified atom stereocenters. The van der Waals surface area contributed by atoms with Crippen molar-refractivity contribution in [1.82, 2.24) is 9.95 Å². The highest BCUT2D eigenvalue weighted by atomic mass is 35.5. The number of nitrogens with one attached hydrogen (secondary N) is 1. The summed E-state index contributed by atoms with van der Waals surface area (Å²) in [6, 6.07) is 22.4. The number of hydrogen-bond acceptors (Lipinski definition) is 5. The van der Waals surface area contributed by atoms with Gasteiger partial charge in [-0.1, -0.05) is 72.9 Å². The average Bonchev–Trinajstić information content (AvgIpc) is 3.21. The van der Waals surface area contributed by atoms with Gasteiger partial charge < -0.3 is 5.11 Å². The van der Waals surface area contributed by atoms with Gasteiger partial charge in [-0.25, -0.2) is 10.3 Å². The van der Waals surface area contributed by atoms with E-state index >= 15 is 0 Å². The number of aromatic carboxylic acids is 1. The molecule has 33 heavy (non-hydrogen) atoms. The summed E-state index contributed by atoms with van der Waals surface area (Å²) in [7, 11) is 0. The highest BCUT2D eigenvalue weighted by Gasteiger charge is 2.34. The maximum atomic E-state index is 11.6. The van der Waals surface area contributed by atoms with Crippen molar-refractivity contribution < 1.29 is 9.90 Å². The molecule has 1 aliphatic rings. The summed E-state index contributed by atoms with van der Waals surface area (Å²) in [5, 5.41) is 15.4. The van der Waals surface area contributed by atoms with Crippen molar-refractivity contribution in [3.05, 3.63) is 105 Å². The first kappa shape index (κ1) is 23.6. The average molecular weight is 500 g/mol. The van der Waals surface area contributed by atoms with Gasteiger partial charge in [-0.3, -0.25) is 0 Å². The quantitative estimate of drug-likeness (QED) is 0.322. The van der Waals surface area contributed by atoms with Gasteiger partial charge in [-0.05, 0) is 71.5 Å². The standard InChI is InChI=1S/C25H23Cl2N3O2S/c1-2-4-22-23(18-5-3-6-19(15-18)25(31)32)30(29-28-22)33-24(16-7-11-20(26)12-8-16)17-9-13-21(27)14-10-17/h3,5-15,23-24,29H,2,4H2,1H3,(H,31,32). The Kier molecular flexibility index (Phi) is 7.60. The number of nitrogens with zero attached hydrogens (tertiary/aromatic N) is 2. The Morgan fingerprint density at radius 2 is 1.67 bits per heavy atom. The number of halogens is 2. The zero-order chi connectivity index (χ0) is 23.4. The number of carboxylic acid groups (broad SMARTS) is 1. The third-order valence-corrected chi connectivity index (χ3v) is 7.14. The minimum Gasteiger partial charge on any atom is -0.478 e. The van der Waals surface area contributed by atoms with E-state index in [9.17, 15) is 9.90 Å². The zero-order valence-corrected chi connectivity index (χ0v) is 20.2. The minimum absolute atomic E-state index is 0.0617. The smallest absolute Gasteiger partial charge is 0.335 e. The van der Waals surface area contributed by atoms with Gasteiger partial charge in [0.25, 0.3) is 0 Å². The van der Waals surface area contributed by atoms with Crippen LogP contribution in [0.15, 0.2) is 77.9 Å². The monoisotopic (exact) mass is 499 g/mol. The first-order valence-electron chi connectivity index (χ1n) is 10.6. The Morgan fingerprint density at radius 3 is 2.21 bits per heavy atom. The summed E-state index contributed by atoms with van der Waals surface area (Å²) >= 11 is 13.9. The van der Waals surface area contributed by atoms with Crippen molar-refractivity contribution in [3.8, 4) is 0 Å². The topological polar surface area (TPSA) is 64.9 Å². The second-order valence-corrected chi connectivity index (χ2v) is 9.65. The predicted octanol–water partition coefficient (Wildman–Crippen LogP) is 7.15. The molecule has 0 radical (unpaired) electrons. The van der Waals surface area contributed by atoms with Gasteiger partial charge in [-0.2, -0.15) is 5.10 Å². The van der Waals surface area contributed by atoms with Crippen molar-refractivity contribution in [2.24, 2.45) is 5.10 Å². The van der Waals surface area contributed by atoms with Crippen LogP contribution in [0.5, 0.6) is 0 Å². The van der Waals surface area contributed by atoms with Crippen molar-refractivity contribution in [1.29, 1.82) is 0 Å². The maximum absolute atomic E-state index is 11.6. The molecule has 3 aromatic carbocycles. The Morgan fingerprint density at radius 1 is 1.06 bits per heavy atom. The Balaban J connectivity index is 1.70. The van der Waals surface area contributed by atoms with Crippen LogP contribution >= 0.6 is 35.1 Å². The van der Waals surface area contributed by atoms with E-state index in [0.717, 1.165) is 35.2 Å². The molecule has 1 atom stereocenters. The lowest BCUT2D eigenvalue weighted by atomic mass is 9.98. The lowest BCUT2D eigenvalue weighted by Gasteiger charge is -2.28. The molecule has 5 nitrogen and oxygen atoms in total. The largest absolute Gasteiger partial charge is 0.478 e. The molecule has 0 saturated heterocycles. The lowest BCUT2D eigenvalue weighted by Crippen LogP contribution is -2.29. The van der Waals surface area contributed by atoms with Crippen molar-refractivity contribution in [2.45, 2.75) is 31.1 Å². The predicted molar refractivity (Wildman–Crippen MR) is 136 cm³/mol. The number of carboxylic acids is 1. The molecule has 0 aromatic heterocycles. The molecule has 0 saturated carbocycles. The molecule has 3 aromatic rings. The van der Waals surface area contributed by atoms with Crippen LogP contribution in [-0.2, 0) is 0 Å². The number of benzene rings is 3. The van der Waals surface area contributed by atoms with E-state index in [4.69, 9.17) is 23.2 Å². The molecule has 4 rings (SSSR count). The van der Waals surface area contributed by atoms with Gasteiger partial charge in [0.15, 0.2) is 0 Å². The van der Waals surface area contributed by atoms with Crippen molar-refractivity contribution in [3.63, 3.8) is 0 Å². The van der Waals surface area contributed by atoms with Crippen LogP contribution in [0.2, 0.25) is 10.0 Å². The van der Waals surface area contributed by atoms with Gasteiger partial charge in [0.05, 0.1) is 16.5 Å². The van der Waals surface area contributed by atoms with E-state index in [2.05, 4.69) is 17.6 Å². The summed E-state index contributed by atoms with van der Waals surface area (Å²) in [5.74, 6) is -0.948. The number of rotatable bonds is 8. The molecule has 0 amide bonds. The molecule has 1 heterocycles. The van der Waals surface area contributed by atoms with Crippen LogP contribution in [0.1, 0.15) is 58.1 Å². The molecular weight excluding hydrogens is 477 g/mol. The van der Waals surface area contributed by atoms with E-state index in [-0.39, 0.29) is 16.9 Å². The highest BCUT2D eigenvalue weighted by molar-refractivity contribution is 7.97. The van der Waals surface area contributed by atoms with Crippen LogP contribution in [-0.4, -0.2) is 21.2 Å². The summed E-state index contributed by atoms with van der Waals surface area (Å²) in [6.07, 6.45) is 1.74. The summed E-state index contributed by atoms with van der Waals surface area (Å²) in [4.78, 5) is 11.6. The third kappa shape index (κ3) is 5.53. The Hall–Kier alpha value is -2.51. The third-order valence-electron chi connectivity index (χ3n) is 5.36. The molecule has 8 heteroatoms. The fraction of sp³-hybridized carbons (Fsp3) is 0.200. The van der Waals surface area contributed by atoms with Crippen LogP contribution in [0, 0.1) is 0 Å². The zero-order valence-electron chi connectivity index (χ0n) is 17.9. The normalized spacial score (nSPS) is 16.0. The van der Waals surface area contributed by atoms with E-state index in [0.29, 0.717) is 10.0 Å². The number of hydrogen-bond donors (Lipinski definition) is 2. The molecule has 0 spiro atoms. The van der Waals surface area contributed by atoms with Crippen molar-refractivity contribution in [2.75, 3.05) is 0 Å². The Labute approximate surface area is 207 Å². The lowest BCUT2D eigenvalue weighted by molar-refractivity contribution is 0.0696. The van der Waals surface area contributed by atoms with E-state index in [1.807, 2.05) is 59.0 Å². The molecule has 170 valence electrons. The minimum atomic E-state index is -0.948. The molecule has 1 aliphatic heterocycles. The van der Waals surface area contributed by atoms with Crippen LogP contribution in [0.4, 0.5) is 0 Å². The van der Waals surface area contributed by atoms with E-state index in [1.54, 1.807) is 30.1 Å². The second-order valence-electron chi connectivity index (χ2n) is 7.70. The molecule has 2 N–H and O–H groups in total. The molecule has 0 bridgehead atoms. The number of carbonyl (C=O) groups is 1. The van der Waals surface area contributed by atoms with Crippen LogP contribution in [0.3, 0.4) is 0 Å². The summed E-state index contributed by atoms with van der Waals surface area (Å²) < 4.78 is 2.00. The molecule has 0 aliphatic carbocycles. The van der Waals surface area contributed by atoms with Gasteiger partial charge >= 0.3 is 5.97 Å². The van der Waals surface area contributed by atoms with Gasteiger partial charge in [0, 0.05) is 10.0 Å². The van der Waals surface area contributed by atoms with E-state index < -0.39 is 5.97 Å². The van der Waals surface area contributed by atoms with Gasteiger partial charge in [-0.15, -0.1) is 4.41 Å². The number of hydrazine groups is 1. The number of hydrazone groups is 1.